The van der Waals surface area contributed by atoms with E-state index in [0.717, 1.165) is 0 Å². The molecule has 1 amide bonds. The maximum Gasteiger partial charge on any atom is 0.471 e. The van der Waals surface area contributed by atoms with E-state index in [1.54, 1.807) is 0 Å². The number of aliphatic carboxylic acids is 1. The molecule has 7 heteroatoms. The molecule has 2 fully saturated rings. The third-order valence-corrected chi connectivity index (χ3v) is 2.68. The van der Waals surface area contributed by atoms with Crippen LogP contribution in [0, 0.1) is 11.8 Å². The zero-order chi connectivity index (χ0) is 10.7. The van der Waals surface area contributed by atoms with E-state index in [-0.39, 0.29) is 12.5 Å². The zero-order valence-corrected chi connectivity index (χ0v) is 6.78. The van der Waals surface area contributed by atoms with Gasteiger partial charge in [-0.2, -0.15) is 13.2 Å². The number of halogens is 3. The van der Waals surface area contributed by atoms with Crippen molar-refractivity contribution < 1.29 is 27.9 Å². The summed E-state index contributed by atoms with van der Waals surface area (Å²) in [6.45, 7) is -0.0834. The summed E-state index contributed by atoms with van der Waals surface area (Å²) in [5.41, 5.74) is 0. The number of carboxylic acids is 1. The summed E-state index contributed by atoms with van der Waals surface area (Å²) < 4.78 is 35.7. The van der Waals surface area contributed by atoms with Gasteiger partial charge in [0.2, 0.25) is 0 Å². The Morgan fingerprint density at radius 1 is 1.36 bits per heavy atom. The summed E-state index contributed by atoms with van der Waals surface area (Å²) in [5.74, 6) is -4.11. The Hall–Kier alpha value is -1.27. The van der Waals surface area contributed by atoms with Crippen LogP contribution >= 0.6 is 0 Å². The van der Waals surface area contributed by atoms with Crippen molar-refractivity contribution in [2.24, 2.45) is 11.8 Å². The average Bonchev–Trinajstić information content (AvgIpc) is 2.54. The largest absolute Gasteiger partial charge is 0.481 e. The lowest BCUT2D eigenvalue weighted by molar-refractivity contribution is -0.189. The number of likely N-dealkylation sites (tertiary alicyclic amines) is 1. The minimum Gasteiger partial charge on any atom is -0.481 e. The molecule has 0 bridgehead atoms. The van der Waals surface area contributed by atoms with Gasteiger partial charge in [-0.15, -0.1) is 0 Å². The first-order valence-electron chi connectivity index (χ1n) is 3.94. The van der Waals surface area contributed by atoms with Crippen molar-refractivity contribution in [3.63, 3.8) is 0 Å². The van der Waals surface area contributed by atoms with Crippen LogP contribution in [0.2, 0.25) is 0 Å². The smallest absolute Gasteiger partial charge is 0.471 e. The van der Waals surface area contributed by atoms with Gasteiger partial charge in [-0.1, -0.05) is 0 Å². The van der Waals surface area contributed by atoms with Gasteiger partial charge in [-0.3, -0.25) is 9.59 Å². The summed E-state index contributed by atoms with van der Waals surface area (Å²) in [4.78, 5) is 21.7. The van der Waals surface area contributed by atoms with E-state index in [1.807, 2.05) is 0 Å². The van der Waals surface area contributed by atoms with Crippen LogP contribution in [0.5, 0.6) is 0 Å². The minimum atomic E-state index is -4.89. The number of carboxylic acid groups (broad SMARTS) is 1. The number of fused-ring (bicyclic) bond motifs is 1. The van der Waals surface area contributed by atoms with E-state index in [4.69, 9.17) is 5.11 Å². The molecule has 1 saturated heterocycles. The van der Waals surface area contributed by atoms with Gasteiger partial charge in [0.05, 0.1) is 12.0 Å². The molecule has 4 nitrogen and oxygen atoms in total. The zero-order valence-electron chi connectivity index (χ0n) is 6.78. The number of alkyl halides is 3. The van der Waals surface area contributed by atoms with Crippen molar-refractivity contribution in [2.75, 3.05) is 6.54 Å². The van der Waals surface area contributed by atoms with Crippen LogP contribution in [0.4, 0.5) is 13.2 Å². The Morgan fingerprint density at radius 3 is 2.29 bits per heavy atom. The molecule has 0 unspecified atom stereocenters. The van der Waals surface area contributed by atoms with Gasteiger partial charge >= 0.3 is 18.1 Å². The van der Waals surface area contributed by atoms with Gasteiger partial charge in [0.1, 0.15) is 0 Å². The quantitative estimate of drug-likeness (QED) is 0.665. The number of carbonyl (C=O) groups is 2. The van der Waals surface area contributed by atoms with Gasteiger partial charge in [-0.05, 0) is 0 Å². The highest BCUT2D eigenvalue weighted by atomic mass is 19.4. The molecule has 0 radical (unpaired) electrons. The Morgan fingerprint density at radius 2 is 1.93 bits per heavy atom. The molecule has 3 atom stereocenters. The molecule has 14 heavy (non-hydrogen) atoms. The molecule has 1 N–H and O–H groups in total. The second kappa shape index (κ2) is 2.40. The second-order valence-corrected chi connectivity index (χ2v) is 3.47. The van der Waals surface area contributed by atoms with Crippen LogP contribution in [-0.4, -0.2) is 40.6 Å². The summed E-state index contributed by atoms with van der Waals surface area (Å²) in [6, 6.07) is -0.721. The van der Waals surface area contributed by atoms with Crippen LogP contribution in [0.3, 0.4) is 0 Å². The predicted octanol–water partition coefficient (Wildman–Crippen LogP) is 0.0901. The van der Waals surface area contributed by atoms with Gasteiger partial charge < -0.3 is 10.0 Å². The summed E-state index contributed by atoms with van der Waals surface area (Å²) in [6.07, 6.45) is -4.89. The number of carbonyl (C=O) groups excluding carboxylic acids is 1. The third-order valence-electron chi connectivity index (χ3n) is 2.68. The highest BCUT2D eigenvalue weighted by molar-refractivity contribution is 5.87. The predicted molar refractivity (Wildman–Crippen MR) is 36.2 cm³/mol. The lowest BCUT2D eigenvalue weighted by Gasteiger charge is -2.30. The molecule has 2 rings (SSSR count). The number of nitrogens with zero attached hydrogens (tertiary/aromatic N) is 1. The van der Waals surface area contributed by atoms with E-state index in [2.05, 4.69) is 0 Å². The van der Waals surface area contributed by atoms with Crippen molar-refractivity contribution in [3.05, 3.63) is 0 Å². The molecule has 1 heterocycles. The van der Waals surface area contributed by atoms with Gasteiger partial charge in [0.25, 0.3) is 0 Å². The fourth-order valence-electron chi connectivity index (χ4n) is 1.92. The van der Waals surface area contributed by atoms with Crippen molar-refractivity contribution in [3.8, 4) is 0 Å². The molecule has 0 aromatic heterocycles. The maximum absolute atomic E-state index is 11.9. The molecule has 1 aliphatic heterocycles. The fourth-order valence-corrected chi connectivity index (χ4v) is 1.92. The van der Waals surface area contributed by atoms with Crippen molar-refractivity contribution in [1.29, 1.82) is 0 Å². The number of amides is 1. The highest BCUT2D eigenvalue weighted by Crippen LogP contribution is 2.53. The third kappa shape index (κ3) is 1.08. The average molecular weight is 209 g/mol. The number of hydrogen-bond acceptors (Lipinski definition) is 2. The summed E-state index contributed by atoms with van der Waals surface area (Å²) in [5, 5.41) is 8.52. The van der Waals surface area contributed by atoms with E-state index >= 15 is 0 Å². The molecular weight excluding hydrogens is 203 g/mol. The van der Waals surface area contributed by atoms with Crippen LogP contribution in [-0.2, 0) is 9.59 Å². The van der Waals surface area contributed by atoms with Crippen molar-refractivity contribution in [1.82, 2.24) is 4.90 Å². The lowest BCUT2D eigenvalue weighted by atomic mass is 10.2. The molecule has 0 aromatic rings. The SMILES string of the molecule is O=C(O)[C@@H]1[C@H]2CN(C(=O)C(F)(F)F)[C@H]21. The van der Waals surface area contributed by atoms with Crippen molar-refractivity contribution in [2.45, 2.75) is 12.2 Å². The Labute approximate surface area is 76.3 Å². The molecule has 0 aromatic carbocycles. The topological polar surface area (TPSA) is 57.6 Å². The van der Waals surface area contributed by atoms with E-state index in [0.29, 0.717) is 4.90 Å². The Bertz CT molecular complexity index is 314. The normalized spacial score (nSPS) is 34.5. The standard InChI is InChI=1S/C7H6F3NO3/c8-7(9,10)6(14)11-1-2-3(4(2)11)5(12)13/h2-4H,1H2,(H,12,13)/t2-,3-,4-/m1/s1. The Balaban J connectivity index is 2.00. The number of hydrogen-bond donors (Lipinski definition) is 1. The van der Waals surface area contributed by atoms with Crippen molar-refractivity contribution >= 4 is 11.9 Å². The molecule has 0 spiro atoms. The molecular formula is C7H6F3NO3. The molecule has 78 valence electrons. The van der Waals surface area contributed by atoms with Gasteiger partial charge in [0, 0.05) is 12.5 Å². The van der Waals surface area contributed by atoms with Crippen LogP contribution in [0.1, 0.15) is 0 Å². The summed E-state index contributed by atoms with van der Waals surface area (Å²) in [7, 11) is 0. The first-order valence-corrected chi connectivity index (χ1v) is 3.94. The second-order valence-electron chi connectivity index (χ2n) is 3.47. The first kappa shape index (κ1) is 9.29. The van der Waals surface area contributed by atoms with Crippen LogP contribution in [0.15, 0.2) is 0 Å². The molecule has 1 saturated carbocycles. The fraction of sp³-hybridized carbons (Fsp3) is 0.714. The van der Waals surface area contributed by atoms with Crippen LogP contribution < -0.4 is 0 Å². The molecule has 2 aliphatic rings. The van der Waals surface area contributed by atoms with E-state index in [9.17, 15) is 22.8 Å². The number of rotatable bonds is 1. The lowest BCUT2D eigenvalue weighted by Crippen LogP contribution is -2.50. The minimum absolute atomic E-state index is 0.0834. The summed E-state index contributed by atoms with van der Waals surface area (Å²) >= 11 is 0. The molecule has 1 aliphatic carbocycles. The Kier molecular flexibility index (Phi) is 1.59. The van der Waals surface area contributed by atoms with Gasteiger partial charge in [-0.25, -0.2) is 0 Å². The highest BCUT2D eigenvalue weighted by Gasteiger charge is 2.69. The van der Waals surface area contributed by atoms with Gasteiger partial charge in [0.15, 0.2) is 0 Å². The maximum atomic E-state index is 11.9. The first-order chi connectivity index (χ1) is 6.34. The van der Waals surface area contributed by atoms with Crippen LogP contribution in [0.25, 0.3) is 0 Å². The van der Waals surface area contributed by atoms with E-state index in [1.165, 1.54) is 0 Å². The van der Waals surface area contributed by atoms with E-state index < -0.39 is 30.0 Å². The monoisotopic (exact) mass is 209 g/mol.